The van der Waals surface area contributed by atoms with Crippen LogP contribution >= 0.6 is 0 Å². The largest absolute Gasteiger partial charge is 0.490 e. The van der Waals surface area contributed by atoms with Gasteiger partial charge in [-0.2, -0.15) is 0 Å². The molecule has 1 unspecified atom stereocenters. The van der Waals surface area contributed by atoms with Crippen LogP contribution in [-0.4, -0.2) is 17.2 Å². The molecule has 0 bridgehead atoms. The Morgan fingerprint density at radius 3 is 2.94 bits per heavy atom. The predicted octanol–water partition coefficient (Wildman–Crippen LogP) is 2.81. The molecule has 2 rings (SSSR count). The maximum Gasteiger partial charge on any atom is 0.303 e. The Labute approximate surface area is 95.0 Å². The number of ether oxygens (including phenoxy) is 1. The van der Waals surface area contributed by atoms with Crippen LogP contribution in [0.25, 0.3) is 0 Å². The van der Waals surface area contributed by atoms with Crippen LogP contribution in [0.4, 0.5) is 0 Å². The molecule has 1 aliphatic heterocycles. The van der Waals surface area contributed by atoms with Gasteiger partial charge < -0.3 is 9.84 Å². The molecule has 3 nitrogen and oxygen atoms in total. The van der Waals surface area contributed by atoms with E-state index in [4.69, 9.17) is 9.84 Å². The number of para-hydroxylation sites is 1. The summed E-state index contributed by atoms with van der Waals surface area (Å²) >= 11 is 0. The van der Waals surface area contributed by atoms with E-state index in [1.165, 1.54) is 0 Å². The Morgan fingerprint density at radius 1 is 1.50 bits per heavy atom. The number of fused-ring (bicyclic) bond motifs is 1. The van der Waals surface area contributed by atoms with Crippen LogP contribution in [0.2, 0.25) is 0 Å². The molecule has 0 radical (unpaired) electrons. The van der Waals surface area contributed by atoms with Gasteiger partial charge in [-0.05, 0) is 24.5 Å². The second kappa shape index (κ2) is 4.56. The van der Waals surface area contributed by atoms with Crippen molar-refractivity contribution in [3.63, 3.8) is 0 Å². The van der Waals surface area contributed by atoms with Crippen molar-refractivity contribution in [3.8, 4) is 5.75 Å². The topological polar surface area (TPSA) is 46.5 Å². The van der Waals surface area contributed by atoms with E-state index in [1.54, 1.807) is 0 Å². The highest BCUT2D eigenvalue weighted by molar-refractivity contribution is 5.68. The van der Waals surface area contributed by atoms with E-state index in [9.17, 15) is 4.79 Å². The van der Waals surface area contributed by atoms with Crippen molar-refractivity contribution in [1.29, 1.82) is 0 Å². The summed E-state index contributed by atoms with van der Waals surface area (Å²) in [5, 5.41) is 8.91. The van der Waals surface area contributed by atoms with Gasteiger partial charge in [0.1, 0.15) is 5.75 Å². The quantitative estimate of drug-likeness (QED) is 0.852. The molecule has 1 aromatic rings. The highest BCUT2D eigenvalue weighted by Crippen LogP contribution is 2.38. The third-order valence-corrected chi connectivity index (χ3v) is 3.08. The van der Waals surface area contributed by atoms with E-state index in [0.717, 1.165) is 24.2 Å². The lowest BCUT2D eigenvalue weighted by molar-refractivity contribution is -0.137. The minimum Gasteiger partial charge on any atom is -0.490 e. The molecule has 1 N–H and O–H groups in total. The summed E-state index contributed by atoms with van der Waals surface area (Å²) in [5.41, 5.74) is 1.04. The smallest absolute Gasteiger partial charge is 0.303 e. The third kappa shape index (κ3) is 2.18. The highest BCUT2D eigenvalue weighted by atomic mass is 16.5. The number of rotatable bonds is 3. The zero-order chi connectivity index (χ0) is 11.5. The normalized spacial score (nSPS) is 23.3. The van der Waals surface area contributed by atoms with Crippen molar-refractivity contribution in [2.24, 2.45) is 0 Å². The number of aliphatic carboxylic acids is 1. The lowest BCUT2D eigenvalue weighted by atomic mass is 9.86. The SMILES string of the molecule is CC[C@@H]1CC(CC(=O)O)c2ccccc2O1. The molecular formula is C13H16O3. The van der Waals surface area contributed by atoms with Crippen LogP contribution in [0.3, 0.4) is 0 Å². The van der Waals surface area contributed by atoms with E-state index < -0.39 is 5.97 Å². The van der Waals surface area contributed by atoms with E-state index in [1.807, 2.05) is 24.3 Å². The number of benzene rings is 1. The second-order valence-electron chi connectivity index (χ2n) is 4.22. The van der Waals surface area contributed by atoms with Gasteiger partial charge in [-0.15, -0.1) is 0 Å². The van der Waals surface area contributed by atoms with Crippen LogP contribution in [0, 0.1) is 0 Å². The standard InChI is InChI=1S/C13H16O3/c1-2-10-7-9(8-13(14)15)11-5-3-4-6-12(11)16-10/h3-6,9-10H,2,7-8H2,1H3,(H,14,15)/t9?,10-/m1/s1. The summed E-state index contributed by atoms with van der Waals surface area (Å²) in [6, 6.07) is 7.75. The maximum atomic E-state index is 10.8. The average Bonchev–Trinajstić information content (AvgIpc) is 2.28. The fraction of sp³-hybridized carbons (Fsp3) is 0.462. The summed E-state index contributed by atoms with van der Waals surface area (Å²) < 4.78 is 5.80. The number of carboxylic acid groups (broad SMARTS) is 1. The minimum atomic E-state index is -0.739. The first-order valence-electron chi connectivity index (χ1n) is 5.68. The molecule has 2 atom stereocenters. The van der Waals surface area contributed by atoms with Crippen molar-refractivity contribution in [2.45, 2.75) is 38.2 Å². The molecular weight excluding hydrogens is 204 g/mol. The summed E-state index contributed by atoms with van der Waals surface area (Å²) in [7, 11) is 0. The summed E-state index contributed by atoms with van der Waals surface area (Å²) in [6.07, 6.45) is 2.07. The molecule has 0 aliphatic carbocycles. The first-order valence-corrected chi connectivity index (χ1v) is 5.68. The third-order valence-electron chi connectivity index (χ3n) is 3.08. The lowest BCUT2D eigenvalue weighted by Gasteiger charge is -2.31. The van der Waals surface area contributed by atoms with Crippen molar-refractivity contribution >= 4 is 5.97 Å². The molecule has 0 amide bonds. The molecule has 3 heteroatoms. The average molecular weight is 220 g/mol. The van der Waals surface area contributed by atoms with Crippen molar-refractivity contribution in [3.05, 3.63) is 29.8 Å². The van der Waals surface area contributed by atoms with Gasteiger partial charge in [0.25, 0.3) is 0 Å². The van der Waals surface area contributed by atoms with Crippen LogP contribution in [0.15, 0.2) is 24.3 Å². The first-order chi connectivity index (χ1) is 7.70. The summed E-state index contributed by atoms with van der Waals surface area (Å²) in [6.45, 7) is 2.07. The molecule has 0 saturated heterocycles. The fourth-order valence-electron chi connectivity index (χ4n) is 2.25. The Morgan fingerprint density at radius 2 is 2.25 bits per heavy atom. The van der Waals surface area contributed by atoms with Crippen molar-refractivity contribution in [1.82, 2.24) is 0 Å². The van der Waals surface area contributed by atoms with Gasteiger partial charge >= 0.3 is 5.97 Å². The first kappa shape index (κ1) is 11.0. The molecule has 1 aromatic carbocycles. The number of hydrogen-bond donors (Lipinski definition) is 1. The summed E-state index contributed by atoms with van der Waals surface area (Å²) in [4.78, 5) is 10.8. The zero-order valence-electron chi connectivity index (χ0n) is 9.35. The second-order valence-corrected chi connectivity index (χ2v) is 4.22. The van der Waals surface area contributed by atoms with Gasteiger partial charge in [0.15, 0.2) is 0 Å². The lowest BCUT2D eigenvalue weighted by Crippen LogP contribution is -2.26. The van der Waals surface area contributed by atoms with Crippen molar-refractivity contribution in [2.75, 3.05) is 0 Å². The zero-order valence-corrected chi connectivity index (χ0v) is 9.35. The Bertz CT molecular complexity index is 387. The van der Waals surface area contributed by atoms with Gasteiger partial charge in [-0.1, -0.05) is 25.1 Å². The van der Waals surface area contributed by atoms with E-state index in [-0.39, 0.29) is 18.4 Å². The van der Waals surface area contributed by atoms with Crippen LogP contribution in [0.5, 0.6) is 5.75 Å². The van der Waals surface area contributed by atoms with E-state index in [2.05, 4.69) is 6.92 Å². The molecule has 1 aliphatic rings. The monoisotopic (exact) mass is 220 g/mol. The number of hydrogen-bond acceptors (Lipinski definition) is 2. The minimum absolute atomic E-state index is 0.0902. The van der Waals surface area contributed by atoms with Crippen LogP contribution in [0.1, 0.15) is 37.7 Å². The molecule has 0 aromatic heterocycles. The van der Waals surface area contributed by atoms with Gasteiger partial charge in [-0.3, -0.25) is 4.79 Å². The van der Waals surface area contributed by atoms with Gasteiger partial charge in [-0.25, -0.2) is 0 Å². The predicted molar refractivity (Wildman–Crippen MR) is 60.8 cm³/mol. The molecule has 1 heterocycles. The Hall–Kier alpha value is -1.51. The maximum absolute atomic E-state index is 10.8. The highest BCUT2D eigenvalue weighted by Gasteiger charge is 2.28. The van der Waals surface area contributed by atoms with Crippen LogP contribution < -0.4 is 4.74 Å². The van der Waals surface area contributed by atoms with E-state index in [0.29, 0.717) is 0 Å². The number of carbonyl (C=O) groups is 1. The Balaban J connectivity index is 2.27. The van der Waals surface area contributed by atoms with Gasteiger partial charge in [0, 0.05) is 5.92 Å². The molecule has 0 saturated carbocycles. The Kier molecular flexibility index (Phi) is 3.13. The fourth-order valence-corrected chi connectivity index (χ4v) is 2.25. The number of carboxylic acids is 1. The summed E-state index contributed by atoms with van der Waals surface area (Å²) in [5.74, 6) is 0.204. The van der Waals surface area contributed by atoms with Crippen molar-refractivity contribution < 1.29 is 14.6 Å². The molecule has 0 fully saturated rings. The molecule has 86 valence electrons. The van der Waals surface area contributed by atoms with Gasteiger partial charge in [0.05, 0.1) is 12.5 Å². The molecule has 16 heavy (non-hydrogen) atoms. The van der Waals surface area contributed by atoms with Gasteiger partial charge in [0.2, 0.25) is 0 Å². The molecule has 0 spiro atoms. The van der Waals surface area contributed by atoms with E-state index >= 15 is 0 Å². The van der Waals surface area contributed by atoms with Crippen LogP contribution in [-0.2, 0) is 4.79 Å².